The van der Waals surface area contributed by atoms with Crippen LogP contribution >= 0.6 is 0 Å². The molecular formula is C20H20N2O2. The number of amides is 1. The third-order valence-electron chi connectivity index (χ3n) is 4.11. The molecule has 1 amide bonds. The first kappa shape index (κ1) is 16.0. The van der Waals surface area contributed by atoms with Gasteiger partial charge in [0.1, 0.15) is 5.75 Å². The van der Waals surface area contributed by atoms with Crippen LogP contribution < -0.4 is 10.1 Å². The molecule has 1 heterocycles. The third-order valence-corrected chi connectivity index (χ3v) is 4.11. The van der Waals surface area contributed by atoms with Gasteiger partial charge in [-0.2, -0.15) is 0 Å². The van der Waals surface area contributed by atoms with Crippen LogP contribution in [0.5, 0.6) is 5.75 Å². The van der Waals surface area contributed by atoms with E-state index in [4.69, 9.17) is 4.74 Å². The fourth-order valence-corrected chi connectivity index (χ4v) is 2.74. The molecule has 0 aliphatic heterocycles. The van der Waals surface area contributed by atoms with E-state index in [9.17, 15) is 4.79 Å². The summed E-state index contributed by atoms with van der Waals surface area (Å²) in [6, 6.07) is 15.4. The van der Waals surface area contributed by atoms with Crippen molar-refractivity contribution >= 4 is 22.5 Å². The molecule has 0 aliphatic rings. The summed E-state index contributed by atoms with van der Waals surface area (Å²) in [7, 11) is 1.63. The summed E-state index contributed by atoms with van der Waals surface area (Å²) in [5.41, 5.74) is 4.05. The number of para-hydroxylation sites is 1. The molecule has 2 aromatic carbocycles. The van der Waals surface area contributed by atoms with Gasteiger partial charge in [-0.3, -0.25) is 9.78 Å². The van der Waals surface area contributed by atoms with Gasteiger partial charge >= 0.3 is 0 Å². The second-order valence-electron chi connectivity index (χ2n) is 5.64. The van der Waals surface area contributed by atoms with E-state index in [1.807, 2.05) is 55.5 Å². The normalized spacial score (nSPS) is 10.6. The number of nitrogens with zero attached hydrogens (tertiary/aromatic N) is 1. The number of carbonyl (C=O) groups is 1. The Labute approximate surface area is 141 Å². The minimum absolute atomic E-state index is 0.140. The molecule has 0 radical (unpaired) electrons. The van der Waals surface area contributed by atoms with Crippen molar-refractivity contribution in [2.75, 3.05) is 12.4 Å². The molecule has 0 unspecified atom stereocenters. The average Bonchev–Trinajstić information content (AvgIpc) is 2.60. The van der Waals surface area contributed by atoms with Gasteiger partial charge in [0.25, 0.3) is 5.91 Å². The Hall–Kier alpha value is -2.88. The molecule has 0 bridgehead atoms. The Balaban J connectivity index is 1.96. The molecule has 4 nitrogen and oxygen atoms in total. The minimum Gasteiger partial charge on any atom is -0.497 e. The number of benzene rings is 2. The smallest absolute Gasteiger partial charge is 0.257 e. The largest absolute Gasteiger partial charge is 0.497 e. The molecule has 0 spiro atoms. The first-order valence-corrected chi connectivity index (χ1v) is 7.97. The number of aromatic nitrogens is 1. The third kappa shape index (κ3) is 3.08. The first-order valence-electron chi connectivity index (χ1n) is 7.97. The fraction of sp³-hybridized carbons (Fsp3) is 0.200. The van der Waals surface area contributed by atoms with Crippen molar-refractivity contribution in [1.29, 1.82) is 0 Å². The molecule has 0 aliphatic carbocycles. The van der Waals surface area contributed by atoms with Crippen molar-refractivity contribution in [2.24, 2.45) is 0 Å². The van der Waals surface area contributed by atoms with E-state index >= 15 is 0 Å². The zero-order valence-electron chi connectivity index (χ0n) is 14.1. The Morgan fingerprint density at radius 1 is 1.17 bits per heavy atom. The van der Waals surface area contributed by atoms with Crippen molar-refractivity contribution in [3.05, 3.63) is 65.4 Å². The lowest BCUT2D eigenvalue weighted by molar-refractivity contribution is 0.102. The van der Waals surface area contributed by atoms with Gasteiger partial charge in [0.05, 0.1) is 23.9 Å². The van der Waals surface area contributed by atoms with Gasteiger partial charge in [-0.25, -0.2) is 0 Å². The van der Waals surface area contributed by atoms with Crippen LogP contribution in [0.15, 0.2) is 48.5 Å². The maximum Gasteiger partial charge on any atom is 0.257 e. The molecule has 1 aromatic heterocycles. The van der Waals surface area contributed by atoms with Gasteiger partial charge in [0, 0.05) is 17.1 Å². The van der Waals surface area contributed by atoms with Crippen LogP contribution in [0.25, 0.3) is 10.9 Å². The molecular weight excluding hydrogens is 300 g/mol. The number of hydrogen-bond donors (Lipinski definition) is 1. The van der Waals surface area contributed by atoms with Crippen molar-refractivity contribution in [3.8, 4) is 5.75 Å². The summed E-state index contributed by atoms with van der Waals surface area (Å²) >= 11 is 0. The summed E-state index contributed by atoms with van der Waals surface area (Å²) < 4.78 is 5.23. The predicted octanol–water partition coefficient (Wildman–Crippen LogP) is 4.37. The summed E-state index contributed by atoms with van der Waals surface area (Å²) in [6.45, 7) is 3.92. The number of nitrogens with one attached hydrogen (secondary N) is 1. The Bertz CT molecular complexity index is 903. The highest BCUT2D eigenvalue weighted by molar-refractivity contribution is 6.07. The molecule has 0 fully saturated rings. The second kappa shape index (κ2) is 6.71. The summed E-state index contributed by atoms with van der Waals surface area (Å²) in [5, 5.41) is 3.91. The maximum absolute atomic E-state index is 12.7. The standard InChI is InChI=1S/C20H20N2O2/c1-4-14-7-5-6-8-18(14)22-20(23)17-11-15-9-10-16(24-3)12-19(15)21-13(17)2/h5-12H,4H2,1-3H3,(H,22,23). The molecule has 0 saturated carbocycles. The summed E-state index contributed by atoms with van der Waals surface area (Å²) in [4.78, 5) is 17.2. The van der Waals surface area contributed by atoms with Crippen LogP contribution in [0.4, 0.5) is 5.69 Å². The summed E-state index contributed by atoms with van der Waals surface area (Å²) in [6.07, 6.45) is 0.866. The number of fused-ring (bicyclic) bond motifs is 1. The van der Waals surface area contributed by atoms with Crippen LogP contribution in [0.1, 0.15) is 28.5 Å². The number of pyridine rings is 1. The van der Waals surface area contributed by atoms with E-state index < -0.39 is 0 Å². The van der Waals surface area contributed by atoms with E-state index in [1.165, 1.54) is 0 Å². The quantitative estimate of drug-likeness (QED) is 0.777. The highest BCUT2D eigenvalue weighted by atomic mass is 16.5. The van der Waals surface area contributed by atoms with E-state index in [0.717, 1.165) is 34.3 Å². The number of aryl methyl sites for hydroxylation is 2. The number of rotatable bonds is 4. The summed E-state index contributed by atoms with van der Waals surface area (Å²) in [5.74, 6) is 0.613. The molecule has 3 rings (SSSR count). The first-order chi connectivity index (χ1) is 11.6. The lowest BCUT2D eigenvalue weighted by Crippen LogP contribution is -2.15. The van der Waals surface area contributed by atoms with Crippen LogP contribution in [0.3, 0.4) is 0 Å². The lowest BCUT2D eigenvalue weighted by Gasteiger charge is -2.12. The molecule has 4 heteroatoms. The van der Waals surface area contributed by atoms with Crippen molar-refractivity contribution in [1.82, 2.24) is 4.98 Å². The molecule has 24 heavy (non-hydrogen) atoms. The van der Waals surface area contributed by atoms with Gasteiger partial charge < -0.3 is 10.1 Å². The van der Waals surface area contributed by atoms with Crippen molar-refractivity contribution < 1.29 is 9.53 Å². The second-order valence-corrected chi connectivity index (χ2v) is 5.64. The lowest BCUT2D eigenvalue weighted by atomic mass is 10.1. The van der Waals surface area contributed by atoms with Gasteiger partial charge in [-0.1, -0.05) is 25.1 Å². The van der Waals surface area contributed by atoms with Crippen LogP contribution in [0, 0.1) is 6.92 Å². The van der Waals surface area contributed by atoms with Crippen molar-refractivity contribution in [3.63, 3.8) is 0 Å². The topological polar surface area (TPSA) is 51.2 Å². The zero-order chi connectivity index (χ0) is 17.1. The maximum atomic E-state index is 12.7. The molecule has 0 saturated heterocycles. The fourth-order valence-electron chi connectivity index (χ4n) is 2.74. The number of methoxy groups -OCH3 is 1. The van der Waals surface area contributed by atoms with Gasteiger partial charge in [-0.15, -0.1) is 0 Å². The highest BCUT2D eigenvalue weighted by Crippen LogP contribution is 2.23. The number of ether oxygens (including phenoxy) is 1. The van der Waals surface area contributed by atoms with E-state index in [0.29, 0.717) is 11.3 Å². The van der Waals surface area contributed by atoms with E-state index in [1.54, 1.807) is 7.11 Å². The SMILES string of the molecule is CCc1ccccc1NC(=O)c1cc2ccc(OC)cc2nc1C. The van der Waals surface area contributed by atoms with Crippen LogP contribution in [-0.4, -0.2) is 18.0 Å². The van der Waals surface area contributed by atoms with Gasteiger partial charge in [0.2, 0.25) is 0 Å². The Morgan fingerprint density at radius 2 is 1.96 bits per heavy atom. The van der Waals surface area contributed by atoms with Gasteiger partial charge in [0.15, 0.2) is 0 Å². The minimum atomic E-state index is -0.140. The van der Waals surface area contributed by atoms with E-state index in [2.05, 4.69) is 17.2 Å². The van der Waals surface area contributed by atoms with Crippen molar-refractivity contribution in [2.45, 2.75) is 20.3 Å². The monoisotopic (exact) mass is 320 g/mol. The number of carbonyl (C=O) groups excluding carboxylic acids is 1. The number of anilines is 1. The molecule has 0 atom stereocenters. The van der Waals surface area contributed by atoms with Crippen LogP contribution in [-0.2, 0) is 6.42 Å². The predicted molar refractivity (Wildman–Crippen MR) is 96.8 cm³/mol. The zero-order valence-corrected chi connectivity index (χ0v) is 14.1. The van der Waals surface area contributed by atoms with Crippen LogP contribution in [0.2, 0.25) is 0 Å². The Kier molecular flexibility index (Phi) is 4.47. The average molecular weight is 320 g/mol. The molecule has 122 valence electrons. The molecule has 3 aromatic rings. The van der Waals surface area contributed by atoms with E-state index in [-0.39, 0.29) is 5.91 Å². The Morgan fingerprint density at radius 3 is 2.71 bits per heavy atom. The highest BCUT2D eigenvalue weighted by Gasteiger charge is 2.13. The molecule has 1 N–H and O–H groups in total. The number of hydrogen-bond acceptors (Lipinski definition) is 3. The van der Waals surface area contributed by atoms with Gasteiger partial charge in [-0.05, 0) is 43.2 Å².